The van der Waals surface area contributed by atoms with Crippen LogP contribution in [0.5, 0.6) is 0 Å². The van der Waals surface area contributed by atoms with E-state index in [1.54, 1.807) is 24.3 Å². The van der Waals surface area contributed by atoms with Crippen LogP contribution >= 0.6 is 0 Å². The largest absolute Gasteiger partial charge is 0.389 e. The lowest BCUT2D eigenvalue weighted by Crippen LogP contribution is -2.42. The third kappa shape index (κ3) is 4.76. The van der Waals surface area contributed by atoms with Gasteiger partial charge in [-0.25, -0.2) is 13.1 Å². The predicted molar refractivity (Wildman–Crippen MR) is 72.6 cm³/mol. The summed E-state index contributed by atoms with van der Waals surface area (Å²) in [5.41, 5.74) is -0.217. The molecular weight excluding hydrogens is 250 g/mol. The highest BCUT2D eigenvalue weighted by molar-refractivity contribution is 7.88. The van der Waals surface area contributed by atoms with Crippen molar-refractivity contribution in [2.45, 2.75) is 38.0 Å². The molecule has 0 heterocycles. The first-order valence-corrected chi connectivity index (χ1v) is 7.79. The molecule has 18 heavy (non-hydrogen) atoms. The summed E-state index contributed by atoms with van der Waals surface area (Å²) in [5.74, 6) is -0.0582. The van der Waals surface area contributed by atoms with Crippen molar-refractivity contribution in [3.63, 3.8) is 0 Å². The Hall–Kier alpha value is -0.910. The molecule has 0 unspecified atom stereocenters. The molecule has 102 valence electrons. The lowest BCUT2D eigenvalue weighted by atomic mass is 9.98. The highest BCUT2D eigenvalue weighted by atomic mass is 32.2. The number of nitrogens with one attached hydrogen (secondary N) is 1. The van der Waals surface area contributed by atoms with Crippen molar-refractivity contribution in [1.29, 1.82) is 0 Å². The van der Waals surface area contributed by atoms with E-state index >= 15 is 0 Å². The standard InChI is InChI=1S/C13H21NO3S/c1-3-13(15,4-2)11-14-18(16,17)10-12-8-6-5-7-9-12/h5-9,14-15H,3-4,10-11H2,1-2H3. The van der Waals surface area contributed by atoms with Crippen LogP contribution in [0, 0.1) is 0 Å². The Morgan fingerprint density at radius 3 is 2.22 bits per heavy atom. The second-order valence-corrected chi connectivity index (χ2v) is 6.30. The predicted octanol–water partition coefficient (Wildman–Crippen LogP) is 1.66. The number of hydrogen-bond acceptors (Lipinski definition) is 3. The summed E-state index contributed by atoms with van der Waals surface area (Å²) in [4.78, 5) is 0. The van der Waals surface area contributed by atoms with Gasteiger partial charge in [-0.15, -0.1) is 0 Å². The van der Waals surface area contributed by atoms with Crippen LogP contribution in [0.25, 0.3) is 0 Å². The Morgan fingerprint density at radius 1 is 1.17 bits per heavy atom. The van der Waals surface area contributed by atoms with E-state index < -0.39 is 15.6 Å². The van der Waals surface area contributed by atoms with E-state index in [9.17, 15) is 13.5 Å². The highest BCUT2D eigenvalue weighted by Gasteiger charge is 2.24. The van der Waals surface area contributed by atoms with Gasteiger partial charge in [0.1, 0.15) is 0 Å². The molecule has 2 N–H and O–H groups in total. The van der Waals surface area contributed by atoms with Crippen molar-refractivity contribution < 1.29 is 13.5 Å². The molecule has 1 rings (SSSR count). The molecule has 4 nitrogen and oxygen atoms in total. The summed E-state index contributed by atoms with van der Waals surface area (Å²) in [5, 5.41) is 10.0. The van der Waals surface area contributed by atoms with E-state index in [4.69, 9.17) is 0 Å². The number of benzene rings is 1. The number of hydrogen-bond donors (Lipinski definition) is 2. The zero-order valence-electron chi connectivity index (χ0n) is 10.9. The number of aliphatic hydroxyl groups is 1. The van der Waals surface area contributed by atoms with E-state index in [2.05, 4.69) is 4.72 Å². The van der Waals surface area contributed by atoms with Gasteiger partial charge in [-0.2, -0.15) is 0 Å². The van der Waals surface area contributed by atoms with Crippen LogP contribution in [0.3, 0.4) is 0 Å². The van der Waals surface area contributed by atoms with Crippen molar-refractivity contribution in [2.24, 2.45) is 0 Å². The molecule has 0 spiro atoms. The van der Waals surface area contributed by atoms with E-state index in [1.165, 1.54) is 0 Å². The summed E-state index contributed by atoms with van der Waals surface area (Å²) in [7, 11) is -3.40. The van der Waals surface area contributed by atoms with Gasteiger partial charge >= 0.3 is 0 Å². The summed E-state index contributed by atoms with van der Waals surface area (Å²) in [6.07, 6.45) is 1.05. The summed E-state index contributed by atoms with van der Waals surface area (Å²) in [6, 6.07) is 8.99. The fourth-order valence-corrected chi connectivity index (χ4v) is 2.81. The molecular formula is C13H21NO3S. The van der Waals surface area contributed by atoms with Gasteiger partial charge in [-0.1, -0.05) is 44.2 Å². The van der Waals surface area contributed by atoms with E-state index in [-0.39, 0.29) is 12.3 Å². The first-order valence-electron chi connectivity index (χ1n) is 6.14. The molecule has 0 aliphatic carbocycles. The highest BCUT2D eigenvalue weighted by Crippen LogP contribution is 2.14. The maximum Gasteiger partial charge on any atom is 0.215 e. The monoisotopic (exact) mass is 271 g/mol. The van der Waals surface area contributed by atoms with E-state index in [0.717, 1.165) is 5.56 Å². The summed E-state index contributed by atoms with van der Waals surface area (Å²) < 4.78 is 26.2. The van der Waals surface area contributed by atoms with E-state index in [0.29, 0.717) is 12.8 Å². The fourth-order valence-electron chi connectivity index (χ4n) is 1.59. The molecule has 5 heteroatoms. The van der Waals surface area contributed by atoms with Gasteiger partial charge in [0, 0.05) is 6.54 Å². The van der Waals surface area contributed by atoms with Crippen LogP contribution in [0.15, 0.2) is 30.3 Å². The van der Waals surface area contributed by atoms with Crippen LogP contribution in [0.1, 0.15) is 32.3 Å². The van der Waals surface area contributed by atoms with Crippen molar-refractivity contribution in [3.8, 4) is 0 Å². The SMILES string of the molecule is CCC(O)(CC)CNS(=O)(=O)Cc1ccccc1. The minimum absolute atomic E-state index is 0.0582. The fraction of sp³-hybridized carbons (Fsp3) is 0.538. The Balaban J connectivity index is 2.61. The molecule has 0 atom stereocenters. The minimum Gasteiger partial charge on any atom is -0.389 e. The van der Waals surface area contributed by atoms with Gasteiger partial charge in [-0.05, 0) is 18.4 Å². The van der Waals surface area contributed by atoms with Gasteiger partial charge in [-0.3, -0.25) is 0 Å². The molecule has 0 aromatic heterocycles. The quantitative estimate of drug-likeness (QED) is 0.792. The first-order chi connectivity index (χ1) is 8.41. The molecule has 0 saturated carbocycles. The normalized spacial score (nSPS) is 12.6. The zero-order valence-corrected chi connectivity index (χ0v) is 11.7. The maximum atomic E-state index is 11.9. The third-order valence-electron chi connectivity index (χ3n) is 3.14. The van der Waals surface area contributed by atoms with Gasteiger partial charge < -0.3 is 5.11 Å². The van der Waals surface area contributed by atoms with Crippen LogP contribution in [-0.2, 0) is 15.8 Å². The second kappa shape index (κ2) is 6.31. The van der Waals surface area contributed by atoms with Gasteiger partial charge in [0.2, 0.25) is 10.0 Å². The first kappa shape index (κ1) is 15.1. The molecule has 1 aromatic carbocycles. The Labute approximate surface area is 109 Å². The minimum atomic E-state index is -3.40. The van der Waals surface area contributed by atoms with Crippen molar-refractivity contribution in [2.75, 3.05) is 6.54 Å². The number of rotatable bonds is 7. The molecule has 1 aromatic rings. The Bertz CT molecular complexity index is 452. The van der Waals surface area contributed by atoms with Crippen molar-refractivity contribution in [1.82, 2.24) is 4.72 Å². The molecule has 0 radical (unpaired) electrons. The summed E-state index contributed by atoms with van der Waals surface area (Å²) in [6.45, 7) is 3.75. The van der Waals surface area contributed by atoms with Gasteiger partial charge in [0.05, 0.1) is 11.4 Å². The van der Waals surface area contributed by atoms with Gasteiger partial charge in [0.25, 0.3) is 0 Å². The Kier molecular flexibility index (Phi) is 5.31. The molecule has 0 aliphatic heterocycles. The smallest absolute Gasteiger partial charge is 0.215 e. The molecule has 0 bridgehead atoms. The maximum absolute atomic E-state index is 11.9. The van der Waals surface area contributed by atoms with Crippen LogP contribution in [-0.4, -0.2) is 25.7 Å². The lowest BCUT2D eigenvalue weighted by molar-refractivity contribution is 0.0377. The summed E-state index contributed by atoms with van der Waals surface area (Å²) >= 11 is 0. The van der Waals surface area contributed by atoms with Crippen LogP contribution < -0.4 is 4.72 Å². The molecule has 0 saturated heterocycles. The van der Waals surface area contributed by atoms with Crippen LogP contribution in [0.4, 0.5) is 0 Å². The van der Waals surface area contributed by atoms with E-state index in [1.807, 2.05) is 19.9 Å². The average molecular weight is 271 g/mol. The van der Waals surface area contributed by atoms with Crippen LogP contribution in [0.2, 0.25) is 0 Å². The third-order valence-corrected chi connectivity index (χ3v) is 4.43. The van der Waals surface area contributed by atoms with Gasteiger partial charge in [0.15, 0.2) is 0 Å². The average Bonchev–Trinajstić information content (AvgIpc) is 2.37. The topological polar surface area (TPSA) is 66.4 Å². The van der Waals surface area contributed by atoms with Crippen molar-refractivity contribution in [3.05, 3.63) is 35.9 Å². The lowest BCUT2D eigenvalue weighted by Gasteiger charge is -2.25. The second-order valence-electron chi connectivity index (χ2n) is 4.50. The molecule has 0 amide bonds. The Morgan fingerprint density at radius 2 is 1.72 bits per heavy atom. The van der Waals surface area contributed by atoms with Crippen molar-refractivity contribution >= 4 is 10.0 Å². The molecule has 0 aliphatic rings. The zero-order chi connectivity index (χ0) is 13.6. The number of sulfonamides is 1. The molecule has 0 fully saturated rings.